The van der Waals surface area contributed by atoms with E-state index in [4.69, 9.17) is 15.2 Å². The zero-order valence-corrected chi connectivity index (χ0v) is 15.3. The van der Waals surface area contributed by atoms with Gasteiger partial charge in [0.05, 0.1) is 21.9 Å². The summed E-state index contributed by atoms with van der Waals surface area (Å²) < 4.78 is 11.7. The lowest BCUT2D eigenvalue weighted by Gasteiger charge is -2.27. The van der Waals surface area contributed by atoms with Gasteiger partial charge in [-0.25, -0.2) is 4.79 Å². The minimum Gasteiger partial charge on any atom is -0.463 e. The monoisotopic (exact) mass is 396 g/mol. The number of nitrogens with zero attached hydrogens (tertiary/aromatic N) is 1. The first-order valence-corrected chi connectivity index (χ1v) is 8.87. The minimum atomic E-state index is -0.550. The maximum atomic E-state index is 12.5. The Hall–Kier alpha value is -1.78. The van der Waals surface area contributed by atoms with Crippen LogP contribution in [-0.2, 0) is 14.3 Å². The van der Waals surface area contributed by atoms with Crippen LogP contribution in [0, 0.1) is 11.3 Å². The van der Waals surface area contributed by atoms with Crippen LogP contribution in [0.1, 0.15) is 37.5 Å². The van der Waals surface area contributed by atoms with E-state index in [-0.39, 0.29) is 18.1 Å². The summed E-state index contributed by atoms with van der Waals surface area (Å²) >= 11 is 4.87. The SMILES string of the molecule is CCCC1=C(C(=O)OCC)[C@@H](c2ccc(Br)s2)C(C#N)=C(N)O1. The van der Waals surface area contributed by atoms with Crippen LogP contribution in [0.25, 0.3) is 0 Å². The molecule has 0 saturated heterocycles. The van der Waals surface area contributed by atoms with E-state index in [1.165, 1.54) is 11.3 Å². The van der Waals surface area contributed by atoms with Crippen LogP contribution >= 0.6 is 27.3 Å². The van der Waals surface area contributed by atoms with Gasteiger partial charge < -0.3 is 15.2 Å². The number of esters is 1. The van der Waals surface area contributed by atoms with E-state index in [9.17, 15) is 10.1 Å². The Morgan fingerprint density at radius 3 is 2.78 bits per heavy atom. The van der Waals surface area contributed by atoms with Crippen molar-refractivity contribution in [2.45, 2.75) is 32.6 Å². The third kappa shape index (κ3) is 3.59. The van der Waals surface area contributed by atoms with Crippen LogP contribution in [0.4, 0.5) is 0 Å². The summed E-state index contributed by atoms with van der Waals surface area (Å²) in [5.41, 5.74) is 6.53. The highest BCUT2D eigenvalue weighted by molar-refractivity contribution is 9.11. The number of nitriles is 1. The number of hydrogen-bond acceptors (Lipinski definition) is 6. The molecule has 1 aromatic rings. The Kier molecular flexibility index (Phi) is 5.85. The predicted octanol–water partition coefficient (Wildman–Crippen LogP) is 3.94. The van der Waals surface area contributed by atoms with Gasteiger partial charge in [-0.1, -0.05) is 6.92 Å². The van der Waals surface area contributed by atoms with Crippen LogP contribution < -0.4 is 5.73 Å². The van der Waals surface area contributed by atoms with Crippen molar-refractivity contribution in [1.82, 2.24) is 0 Å². The van der Waals surface area contributed by atoms with Gasteiger partial charge in [0.15, 0.2) is 0 Å². The van der Waals surface area contributed by atoms with Gasteiger partial charge in [-0.2, -0.15) is 5.26 Å². The summed E-state index contributed by atoms with van der Waals surface area (Å²) in [5, 5.41) is 9.50. The summed E-state index contributed by atoms with van der Waals surface area (Å²) in [6, 6.07) is 5.83. The molecule has 0 aromatic carbocycles. The molecule has 0 aliphatic carbocycles. The molecule has 1 aliphatic rings. The smallest absolute Gasteiger partial charge is 0.338 e. The summed E-state index contributed by atoms with van der Waals surface area (Å²) in [6.45, 7) is 3.98. The fourth-order valence-corrected chi connectivity index (χ4v) is 3.97. The van der Waals surface area contributed by atoms with Gasteiger partial charge in [-0.3, -0.25) is 0 Å². The number of rotatable bonds is 5. The van der Waals surface area contributed by atoms with Gasteiger partial charge in [-0.05, 0) is 41.4 Å². The summed E-state index contributed by atoms with van der Waals surface area (Å²) in [6.07, 6.45) is 1.34. The van der Waals surface area contributed by atoms with E-state index in [0.717, 1.165) is 15.1 Å². The standard InChI is InChI=1S/C16H17BrN2O3S/c1-3-5-10-14(16(20)21-4-2)13(9(8-18)15(19)22-10)11-6-7-12(17)23-11/h6-7,13H,3-5,19H2,1-2H3/t13-/m1/s1. The number of carbonyl (C=O) groups excluding carboxylic acids is 1. The van der Waals surface area contributed by atoms with Crippen molar-refractivity contribution >= 4 is 33.2 Å². The summed E-state index contributed by atoms with van der Waals surface area (Å²) in [7, 11) is 0. The molecule has 2 N–H and O–H groups in total. The Labute approximate surface area is 147 Å². The highest BCUT2D eigenvalue weighted by atomic mass is 79.9. The third-order valence-electron chi connectivity index (χ3n) is 3.35. The molecule has 0 saturated carbocycles. The molecule has 0 radical (unpaired) electrons. The van der Waals surface area contributed by atoms with Gasteiger partial charge in [0.1, 0.15) is 17.4 Å². The van der Waals surface area contributed by atoms with E-state index in [1.807, 2.05) is 19.1 Å². The first-order chi connectivity index (χ1) is 11.0. The van der Waals surface area contributed by atoms with E-state index in [1.54, 1.807) is 6.92 Å². The van der Waals surface area contributed by atoms with Crippen molar-refractivity contribution < 1.29 is 14.3 Å². The molecule has 2 rings (SSSR count). The molecule has 122 valence electrons. The van der Waals surface area contributed by atoms with Crippen molar-refractivity contribution in [2.24, 2.45) is 5.73 Å². The molecular weight excluding hydrogens is 380 g/mol. The molecule has 0 spiro atoms. The van der Waals surface area contributed by atoms with Crippen LogP contribution in [0.3, 0.4) is 0 Å². The second kappa shape index (κ2) is 7.66. The van der Waals surface area contributed by atoms with Crippen molar-refractivity contribution in [3.8, 4) is 6.07 Å². The fraction of sp³-hybridized carbons (Fsp3) is 0.375. The third-order valence-corrected chi connectivity index (χ3v) is 5.04. The Morgan fingerprint density at radius 2 is 2.26 bits per heavy atom. The zero-order valence-electron chi connectivity index (χ0n) is 12.9. The predicted molar refractivity (Wildman–Crippen MR) is 91.2 cm³/mol. The second-order valence-corrected chi connectivity index (χ2v) is 7.37. The zero-order chi connectivity index (χ0) is 17.0. The van der Waals surface area contributed by atoms with Gasteiger partial charge in [0.2, 0.25) is 5.88 Å². The van der Waals surface area contributed by atoms with E-state index >= 15 is 0 Å². The van der Waals surface area contributed by atoms with Crippen molar-refractivity contribution in [1.29, 1.82) is 5.26 Å². The topological polar surface area (TPSA) is 85.3 Å². The minimum absolute atomic E-state index is 0.0542. The van der Waals surface area contributed by atoms with Crippen molar-refractivity contribution in [3.05, 3.63) is 43.6 Å². The van der Waals surface area contributed by atoms with Gasteiger partial charge in [-0.15, -0.1) is 11.3 Å². The van der Waals surface area contributed by atoms with Crippen molar-refractivity contribution in [2.75, 3.05) is 6.61 Å². The highest BCUT2D eigenvalue weighted by Gasteiger charge is 2.38. The lowest BCUT2D eigenvalue weighted by molar-refractivity contribution is -0.139. The molecule has 0 unspecified atom stereocenters. The van der Waals surface area contributed by atoms with Crippen LogP contribution in [-0.4, -0.2) is 12.6 Å². The molecule has 2 heterocycles. The number of nitrogens with two attached hydrogens (primary N) is 1. The van der Waals surface area contributed by atoms with E-state index in [0.29, 0.717) is 17.8 Å². The Balaban J connectivity index is 2.62. The van der Waals surface area contributed by atoms with Gasteiger partial charge in [0.25, 0.3) is 0 Å². The van der Waals surface area contributed by atoms with Crippen LogP contribution in [0.2, 0.25) is 0 Å². The normalized spacial score (nSPS) is 17.7. The van der Waals surface area contributed by atoms with E-state index < -0.39 is 11.9 Å². The molecule has 1 atom stereocenters. The maximum Gasteiger partial charge on any atom is 0.338 e. The molecule has 5 nitrogen and oxygen atoms in total. The number of thiophene rings is 1. The molecule has 0 bridgehead atoms. The van der Waals surface area contributed by atoms with Gasteiger partial charge >= 0.3 is 5.97 Å². The number of hydrogen-bond donors (Lipinski definition) is 1. The van der Waals surface area contributed by atoms with Crippen LogP contribution in [0.15, 0.2) is 38.7 Å². The number of ether oxygens (including phenoxy) is 2. The number of allylic oxidation sites excluding steroid dienone is 2. The quantitative estimate of drug-likeness (QED) is 0.761. The molecular formula is C16H17BrN2O3S. The molecule has 0 fully saturated rings. The molecule has 1 aromatic heterocycles. The summed E-state index contributed by atoms with van der Waals surface area (Å²) in [5.74, 6) is -0.480. The Bertz CT molecular complexity index is 715. The number of carbonyl (C=O) groups is 1. The Morgan fingerprint density at radius 1 is 1.52 bits per heavy atom. The van der Waals surface area contributed by atoms with Crippen LogP contribution in [0.5, 0.6) is 0 Å². The first kappa shape index (κ1) is 17.6. The first-order valence-electron chi connectivity index (χ1n) is 7.26. The summed E-state index contributed by atoms with van der Waals surface area (Å²) in [4.78, 5) is 13.3. The fourth-order valence-electron chi connectivity index (χ4n) is 2.43. The number of halogens is 1. The maximum absolute atomic E-state index is 12.5. The van der Waals surface area contributed by atoms with Gasteiger partial charge in [0, 0.05) is 11.3 Å². The second-order valence-electron chi connectivity index (χ2n) is 4.87. The van der Waals surface area contributed by atoms with E-state index in [2.05, 4.69) is 22.0 Å². The molecule has 23 heavy (non-hydrogen) atoms. The average Bonchev–Trinajstić information content (AvgIpc) is 2.93. The molecule has 0 amide bonds. The molecule has 7 heteroatoms. The highest BCUT2D eigenvalue weighted by Crippen LogP contribution is 2.43. The lowest BCUT2D eigenvalue weighted by Crippen LogP contribution is -2.25. The van der Waals surface area contributed by atoms with Crippen molar-refractivity contribution in [3.63, 3.8) is 0 Å². The largest absolute Gasteiger partial charge is 0.463 e. The average molecular weight is 397 g/mol. The lowest BCUT2D eigenvalue weighted by atomic mass is 9.86. The molecule has 1 aliphatic heterocycles.